The lowest BCUT2D eigenvalue weighted by Crippen LogP contribution is -1.96. The number of aldehydes is 1. The molecule has 1 aromatic heterocycles. The van der Waals surface area contributed by atoms with Crippen molar-refractivity contribution in [2.45, 2.75) is 5.03 Å². The van der Waals surface area contributed by atoms with E-state index in [-0.39, 0.29) is 0 Å². The molecule has 0 amide bonds. The second kappa shape index (κ2) is 5.80. The summed E-state index contributed by atoms with van der Waals surface area (Å²) >= 11 is 1.54. The molecule has 0 N–H and O–H groups in total. The number of pyridine rings is 1. The molecule has 0 saturated carbocycles. The van der Waals surface area contributed by atoms with Gasteiger partial charge in [0.05, 0.1) is 12.1 Å². The number of nitrogens with zero attached hydrogens (tertiary/aromatic N) is 1. The van der Waals surface area contributed by atoms with E-state index < -0.39 is 0 Å². The van der Waals surface area contributed by atoms with Crippen LogP contribution in [0.4, 0.5) is 0 Å². The second-order valence-electron chi connectivity index (χ2n) is 3.53. The Morgan fingerprint density at radius 3 is 3.00 bits per heavy atom. The van der Waals surface area contributed by atoms with E-state index in [1.54, 1.807) is 18.9 Å². The van der Waals surface area contributed by atoms with Gasteiger partial charge in [-0.05, 0) is 12.1 Å². The summed E-state index contributed by atoms with van der Waals surface area (Å²) in [6, 6.07) is 9.67. The number of aromatic nitrogens is 1. The molecule has 1 aromatic carbocycles. The quantitative estimate of drug-likeness (QED) is 0.462. The molecule has 0 radical (unpaired) electrons. The van der Waals surface area contributed by atoms with Gasteiger partial charge in [0, 0.05) is 23.8 Å². The van der Waals surface area contributed by atoms with Gasteiger partial charge < -0.3 is 4.74 Å². The van der Waals surface area contributed by atoms with Gasteiger partial charge in [0.15, 0.2) is 6.29 Å². The van der Waals surface area contributed by atoms with Crippen LogP contribution in [0.3, 0.4) is 0 Å². The monoisotopic (exact) mass is 247 g/mol. The number of benzene rings is 1. The Morgan fingerprint density at radius 2 is 2.24 bits per heavy atom. The zero-order valence-corrected chi connectivity index (χ0v) is 10.4. The number of hydrogen-bond acceptors (Lipinski definition) is 4. The van der Waals surface area contributed by atoms with Crippen LogP contribution in [0.5, 0.6) is 0 Å². The topological polar surface area (TPSA) is 39.2 Å². The molecule has 0 aliphatic rings. The van der Waals surface area contributed by atoms with E-state index in [9.17, 15) is 4.79 Å². The fourth-order valence-corrected chi connectivity index (χ4v) is 2.42. The van der Waals surface area contributed by atoms with E-state index in [2.05, 4.69) is 4.98 Å². The first-order valence-electron chi connectivity index (χ1n) is 5.32. The zero-order chi connectivity index (χ0) is 12.1. The third-order valence-electron chi connectivity index (χ3n) is 2.37. The van der Waals surface area contributed by atoms with E-state index in [0.717, 1.165) is 28.0 Å². The van der Waals surface area contributed by atoms with Gasteiger partial charge in [0.2, 0.25) is 0 Å². The van der Waals surface area contributed by atoms with Crippen molar-refractivity contribution in [1.82, 2.24) is 4.98 Å². The van der Waals surface area contributed by atoms with Gasteiger partial charge in [-0.15, -0.1) is 11.8 Å². The van der Waals surface area contributed by atoms with E-state index >= 15 is 0 Å². The van der Waals surface area contributed by atoms with Crippen molar-refractivity contribution in [2.24, 2.45) is 0 Å². The normalized spacial score (nSPS) is 10.6. The summed E-state index contributed by atoms with van der Waals surface area (Å²) in [5, 5.41) is 1.77. The van der Waals surface area contributed by atoms with Crippen LogP contribution in [0.2, 0.25) is 0 Å². The molecular formula is C13H13NO2S. The number of carbonyl (C=O) groups is 1. The SMILES string of the molecule is COCCSc1nc2ccccc2cc1C=O. The third kappa shape index (κ3) is 2.84. The highest BCUT2D eigenvalue weighted by atomic mass is 32.2. The summed E-state index contributed by atoms with van der Waals surface area (Å²) in [7, 11) is 1.66. The molecule has 0 unspecified atom stereocenters. The molecule has 0 bridgehead atoms. The van der Waals surface area contributed by atoms with E-state index in [4.69, 9.17) is 4.74 Å². The molecule has 0 fully saturated rings. The molecular weight excluding hydrogens is 234 g/mol. The van der Waals surface area contributed by atoms with Crippen LogP contribution in [0.1, 0.15) is 10.4 Å². The standard InChI is InChI=1S/C13H13NO2S/c1-16-6-7-17-13-11(9-15)8-10-4-2-3-5-12(10)14-13/h2-5,8-9H,6-7H2,1H3. The summed E-state index contributed by atoms with van der Waals surface area (Å²) in [6.45, 7) is 0.650. The van der Waals surface area contributed by atoms with Crippen molar-refractivity contribution in [1.29, 1.82) is 0 Å². The van der Waals surface area contributed by atoms with Crippen molar-refractivity contribution in [3.05, 3.63) is 35.9 Å². The minimum Gasteiger partial charge on any atom is -0.384 e. The number of fused-ring (bicyclic) bond motifs is 1. The fraction of sp³-hybridized carbons (Fsp3) is 0.231. The van der Waals surface area contributed by atoms with Gasteiger partial charge in [0.1, 0.15) is 5.03 Å². The van der Waals surface area contributed by atoms with Crippen molar-refractivity contribution >= 4 is 29.0 Å². The average Bonchev–Trinajstić information content (AvgIpc) is 2.38. The highest BCUT2D eigenvalue weighted by molar-refractivity contribution is 7.99. The molecule has 3 nitrogen and oxygen atoms in total. The van der Waals surface area contributed by atoms with Crippen LogP contribution in [0.25, 0.3) is 10.9 Å². The lowest BCUT2D eigenvalue weighted by molar-refractivity contribution is 0.112. The Hall–Kier alpha value is -1.39. The van der Waals surface area contributed by atoms with Gasteiger partial charge in [-0.1, -0.05) is 18.2 Å². The van der Waals surface area contributed by atoms with Gasteiger partial charge in [0.25, 0.3) is 0 Å². The first kappa shape index (κ1) is 12.1. The maximum absolute atomic E-state index is 11.0. The molecule has 1 heterocycles. The van der Waals surface area contributed by atoms with Gasteiger partial charge in [-0.2, -0.15) is 0 Å². The van der Waals surface area contributed by atoms with Crippen molar-refractivity contribution in [2.75, 3.05) is 19.5 Å². The van der Waals surface area contributed by atoms with Crippen LogP contribution in [0, 0.1) is 0 Å². The molecule has 17 heavy (non-hydrogen) atoms. The first-order chi connectivity index (χ1) is 8.35. The predicted molar refractivity (Wildman–Crippen MR) is 69.7 cm³/mol. The molecule has 0 atom stereocenters. The molecule has 4 heteroatoms. The number of methoxy groups -OCH3 is 1. The summed E-state index contributed by atoms with van der Waals surface area (Å²) < 4.78 is 4.99. The predicted octanol–water partition coefficient (Wildman–Crippen LogP) is 2.79. The minimum absolute atomic E-state index is 0.643. The Labute approximate surface area is 104 Å². The smallest absolute Gasteiger partial charge is 0.152 e. The molecule has 0 aliphatic heterocycles. The van der Waals surface area contributed by atoms with Crippen LogP contribution in [-0.4, -0.2) is 30.7 Å². The maximum atomic E-state index is 11.0. The molecule has 0 aliphatic carbocycles. The maximum Gasteiger partial charge on any atom is 0.152 e. The van der Waals surface area contributed by atoms with Gasteiger partial charge in [-0.3, -0.25) is 4.79 Å². The number of thioether (sulfide) groups is 1. The van der Waals surface area contributed by atoms with E-state index in [1.165, 1.54) is 0 Å². The molecule has 2 rings (SSSR count). The second-order valence-corrected chi connectivity index (χ2v) is 4.62. The van der Waals surface area contributed by atoms with Crippen LogP contribution >= 0.6 is 11.8 Å². The fourth-order valence-electron chi connectivity index (χ4n) is 1.54. The zero-order valence-electron chi connectivity index (χ0n) is 9.55. The number of rotatable bonds is 5. The minimum atomic E-state index is 0.643. The molecule has 0 spiro atoms. The van der Waals surface area contributed by atoms with Crippen LogP contribution in [-0.2, 0) is 4.74 Å². The van der Waals surface area contributed by atoms with E-state index in [0.29, 0.717) is 12.2 Å². The molecule has 0 saturated heterocycles. The van der Waals surface area contributed by atoms with E-state index in [1.807, 2.05) is 30.3 Å². The number of para-hydroxylation sites is 1. The van der Waals surface area contributed by atoms with Crippen molar-refractivity contribution in [3.63, 3.8) is 0 Å². The number of carbonyl (C=O) groups excluding carboxylic acids is 1. The summed E-state index contributed by atoms with van der Waals surface area (Å²) in [6.07, 6.45) is 0.856. The molecule has 88 valence electrons. The van der Waals surface area contributed by atoms with Gasteiger partial charge in [-0.25, -0.2) is 4.98 Å². The Balaban J connectivity index is 2.35. The first-order valence-corrected chi connectivity index (χ1v) is 6.30. The Morgan fingerprint density at radius 1 is 1.41 bits per heavy atom. The average molecular weight is 247 g/mol. The number of ether oxygens (including phenoxy) is 1. The molecule has 2 aromatic rings. The summed E-state index contributed by atoms with van der Waals surface area (Å²) in [5.74, 6) is 0.794. The van der Waals surface area contributed by atoms with Crippen molar-refractivity contribution in [3.8, 4) is 0 Å². The lowest BCUT2D eigenvalue weighted by Gasteiger charge is -2.05. The third-order valence-corrected chi connectivity index (χ3v) is 3.34. The Kier molecular flexibility index (Phi) is 4.12. The highest BCUT2D eigenvalue weighted by Crippen LogP contribution is 2.23. The van der Waals surface area contributed by atoms with Crippen LogP contribution in [0.15, 0.2) is 35.4 Å². The lowest BCUT2D eigenvalue weighted by atomic mass is 10.2. The largest absolute Gasteiger partial charge is 0.384 e. The van der Waals surface area contributed by atoms with Gasteiger partial charge >= 0.3 is 0 Å². The summed E-state index contributed by atoms with van der Waals surface area (Å²) in [5.41, 5.74) is 1.56. The van der Waals surface area contributed by atoms with Crippen LogP contribution < -0.4 is 0 Å². The number of hydrogen-bond donors (Lipinski definition) is 0. The van der Waals surface area contributed by atoms with Crippen molar-refractivity contribution < 1.29 is 9.53 Å². The Bertz CT molecular complexity index is 528. The highest BCUT2D eigenvalue weighted by Gasteiger charge is 2.06. The summed E-state index contributed by atoms with van der Waals surface area (Å²) in [4.78, 5) is 15.5.